The molecular formula is C21H22BrN5O2S. The minimum atomic E-state index is -0.438. The quantitative estimate of drug-likeness (QED) is 0.552. The Morgan fingerprint density at radius 1 is 1.23 bits per heavy atom. The van der Waals surface area contributed by atoms with E-state index in [4.69, 9.17) is 4.74 Å². The molecule has 2 aromatic carbocycles. The Labute approximate surface area is 187 Å². The molecule has 0 spiro atoms. The predicted octanol–water partition coefficient (Wildman–Crippen LogP) is 4.45. The van der Waals surface area contributed by atoms with E-state index in [1.54, 1.807) is 0 Å². The number of fused-ring (bicyclic) bond motifs is 1. The van der Waals surface area contributed by atoms with Crippen molar-refractivity contribution in [2.24, 2.45) is 0 Å². The lowest BCUT2D eigenvalue weighted by Crippen LogP contribution is -2.41. The van der Waals surface area contributed by atoms with Gasteiger partial charge in [0, 0.05) is 4.47 Å². The Morgan fingerprint density at radius 3 is 2.70 bits per heavy atom. The van der Waals surface area contributed by atoms with Crippen LogP contribution in [0.3, 0.4) is 0 Å². The molecule has 2 atom stereocenters. The maximum Gasteiger partial charge on any atom is 0.240 e. The molecule has 156 valence electrons. The number of aryl methyl sites for hydroxylation is 2. The molecule has 0 saturated heterocycles. The van der Waals surface area contributed by atoms with E-state index in [2.05, 4.69) is 36.9 Å². The summed E-state index contributed by atoms with van der Waals surface area (Å²) in [7, 11) is 0. The normalized spacial score (nSPS) is 17.7. The first kappa shape index (κ1) is 20.7. The second-order valence-corrected chi connectivity index (χ2v) is 8.95. The summed E-state index contributed by atoms with van der Waals surface area (Å²) in [6.45, 7) is 6.45. The number of carbonyl (C=O) groups excluding carboxylic acids is 1. The molecule has 30 heavy (non-hydrogen) atoms. The molecule has 1 aliphatic rings. The number of hydrogen-bond donors (Lipinski definition) is 2. The number of ether oxygens (including phenoxy) is 1. The number of hydrogen-bond acceptors (Lipinski definition) is 6. The van der Waals surface area contributed by atoms with Crippen LogP contribution in [0.2, 0.25) is 0 Å². The van der Waals surface area contributed by atoms with E-state index < -0.39 is 5.25 Å². The summed E-state index contributed by atoms with van der Waals surface area (Å²) in [6.07, 6.45) is 0. The van der Waals surface area contributed by atoms with Crippen molar-refractivity contribution < 1.29 is 9.53 Å². The van der Waals surface area contributed by atoms with Gasteiger partial charge in [0.1, 0.15) is 16.8 Å². The van der Waals surface area contributed by atoms with Crippen LogP contribution in [-0.2, 0) is 4.79 Å². The lowest BCUT2D eigenvalue weighted by molar-refractivity contribution is -0.116. The van der Waals surface area contributed by atoms with Gasteiger partial charge in [0.05, 0.1) is 18.3 Å². The number of aromatic nitrogens is 3. The topological polar surface area (TPSA) is 81.1 Å². The Morgan fingerprint density at radius 2 is 2.00 bits per heavy atom. The van der Waals surface area contributed by atoms with Gasteiger partial charge in [-0.3, -0.25) is 4.79 Å². The molecule has 0 unspecified atom stereocenters. The second-order valence-electron chi connectivity index (χ2n) is 6.99. The van der Waals surface area contributed by atoms with E-state index in [1.807, 2.05) is 67.9 Å². The molecule has 9 heteroatoms. The summed E-state index contributed by atoms with van der Waals surface area (Å²) in [5, 5.41) is 11.6. The summed E-state index contributed by atoms with van der Waals surface area (Å²) < 4.78 is 8.23. The number of nitrogens with one attached hydrogen (secondary N) is 2. The van der Waals surface area contributed by atoms with Gasteiger partial charge in [-0.2, -0.15) is 0 Å². The second kappa shape index (κ2) is 8.69. The third-order valence-corrected chi connectivity index (χ3v) is 6.66. The third-order valence-electron chi connectivity index (χ3n) is 4.79. The number of amides is 1. The standard InChI is InChI=1S/C21H22BrN5O2S/c1-4-29-15-8-6-14(7-9-15)18-19(30-21-25-24-13(3)27(21)26-18)20(28)23-17-10-5-12(2)11-16(17)22/h5-11,18-19,26H,4H2,1-3H3,(H,23,28)/t18-,19+/m1/s1. The molecule has 0 fully saturated rings. The van der Waals surface area contributed by atoms with Crippen molar-refractivity contribution in [1.29, 1.82) is 0 Å². The van der Waals surface area contributed by atoms with E-state index in [-0.39, 0.29) is 11.9 Å². The Kier molecular flexibility index (Phi) is 6.01. The molecule has 1 aliphatic heterocycles. The van der Waals surface area contributed by atoms with Crippen molar-refractivity contribution >= 4 is 39.3 Å². The minimum absolute atomic E-state index is 0.108. The molecule has 1 amide bonds. The van der Waals surface area contributed by atoms with E-state index in [1.165, 1.54) is 11.8 Å². The molecule has 7 nitrogen and oxygen atoms in total. The fourth-order valence-corrected chi connectivity index (χ4v) is 4.99. The van der Waals surface area contributed by atoms with Gasteiger partial charge in [0.25, 0.3) is 0 Å². The highest BCUT2D eigenvalue weighted by Crippen LogP contribution is 2.38. The first-order chi connectivity index (χ1) is 14.5. The van der Waals surface area contributed by atoms with Crippen LogP contribution in [0.25, 0.3) is 0 Å². The zero-order valence-electron chi connectivity index (χ0n) is 16.8. The molecule has 0 bridgehead atoms. The lowest BCUT2D eigenvalue weighted by Gasteiger charge is -2.32. The highest BCUT2D eigenvalue weighted by atomic mass is 79.9. The predicted molar refractivity (Wildman–Crippen MR) is 122 cm³/mol. The molecule has 1 aromatic heterocycles. The first-order valence-electron chi connectivity index (χ1n) is 9.61. The van der Waals surface area contributed by atoms with Crippen LogP contribution in [0.5, 0.6) is 5.75 Å². The van der Waals surface area contributed by atoms with Gasteiger partial charge < -0.3 is 15.5 Å². The average molecular weight is 488 g/mol. The third kappa shape index (κ3) is 4.17. The van der Waals surface area contributed by atoms with E-state index in [0.29, 0.717) is 11.8 Å². The zero-order chi connectivity index (χ0) is 21.3. The van der Waals surface area contributed by atoms with Crippen LogP contribution in [-0.4, -0.2) is 32.6 Å². The van der Waals surface area contributed by atoms with E-state index in [0.717, 1.165) is 32.9 Å². The van der Waals surface area contributed by atoms with Crippen LogP contribution in [0, 0.1) is 13.8 Å². The molecule has 2 heterocycles. The summed E-state index contributed by atoms with van der Waals surface area (Å²) in [5.41, 5.74) is 6.24. The fourth-order valence-electron chi connectivity index (χ4n) is 3.27. The minimum Gasteiger partial charge on any atom is -0.494 e. The number of thioether (sulfide) groups is 1. The molecule has 3 aromatic rings. The molecule has 0 aliphatic carbocycles. The van der Waals surface area contributed by atoms with E-state index in [9.17, 15) is 4.79 Å². The summed E-state index contributed by atoms with van der Waals surface area (Å²) in [6, 6.07) is 13.4. The molecule has 0 saturated carbocycles. The van der Waals surface area contributed by atoms with Gasteiger partial charge in [-0.25, -0.2) is 4.68 Å². The average Bonchev–Trinajstić information content (AvgIpc) is 3.10. The largest absolute Gasteiger partial charge is 0.494 e. The lowest BCUT2D eigenvalue weighted by atomic mass is 10.0. The maximum atomic E-state index is 13.3. The van der Waals surface area contributed by atoms with Crippen LogP contribution in [0.4, 0.5) is 5.69 Å². The molecule has 2 N–H and O–H groups in total. The monoisotopic (exact) mass is 487 g/mol. The zero-order valence-corrected chi connectivity index (χ0v) is 19.3. The highest BCUT2D eigenvalue weighted by Gasteiger charge is 2.37. The van der Waals surface area contributed by atoms with Crippen molar-refractivity contribution in [2.45, 2.75) is 37.2 Å². The summed E-state index contributed by atoms with van der Waals surface area (Å²) >= 11 is 4.93. The van der Waals surface area contributed by atoms with Gasteiger partial charge >= 0.3 is 0 Å². The van der Waals surface area contributed by atoms with Crippen LogP contribution < -0.4 is 15.5 Å². The fraction of sp³-hybridized carbons (Fsp3) is 0.286. The van der Waals surface area contributed by atoms with Gasteiger partial charge in [0.15, 0.2) is 0 Å². The Hall–Kier alpha value is -2.52. The van der Waals surface area contributed by atoms with Gasteiger partial charge in [0.2, 0.25) is 11.1 Å². The van der Waals surface area contributed by atoms with Crippen molar-refractivity contribution in [3.8, 4) is 5.75 Å². The number of anilines is 1. The van der Waals surface area contributed by atoms with Crippen molar-refractivity contribution in [1.82, 2.24) is 14.9 Å². The number of carbonyl (C=O) groups is 1. The van der Waals surface area contributed by atoms with Crippen LogP contribution >= 0.6 is 27.7 Å². The van der Waals surface area contributed by atoms with Crippen molar-refractivity contribution in [3.63, 3.8) is 0 Å². The van der Waals surface area contributed by atoms with Crippen molar-refractivity contribution in [2.75, 3.05) is 17.3 Å². The number of halogens is 1. The van der Waals surface area contributed by atoms with Crippen LogP contribution in [0.1, 0.15) is 29.9 Å². The van der Waals surface area contributed by atoms with Gasteiger partial charge in [-0.15, -0.1) is 10.2 Å². The molecular weight excluding hydrogens is 466 g/mol. The van der Waals surface area contributed by atoms with Crippen LogP contribution in [0.15, 0.2) is 52.1 Å². The smallest absolute Gasteiger partial charge is 0.240 e. The SMILES string of the molecule is CCOc1ccc([C@H]2Nn3c(C)nnc3S[C@@H]2C(=O)Nc2ccc(C)cc2Br)cc1. The highest BCUT2D eigenvalue weighted by molar-refractivity contribution is 9.10. The Balaban J connectivity index is 1.64. The van der Waals surface area contributed by atoms with Gasteiger partial charge in [-0.05, 0) is 72.1 Å². The van der Waals surface area contributed by atoms with Gasteiger partial charge in [-0.1, -0.05) is 30.0 Å². The van der Waals surface area contributed by atoms with Crippen molar-refractivity contribution in [3.05, 3.63) is 63.9 Å². The molecule has 4 rings (SSSR count). The summed E-state index contributed by atoms with van der Waals surface area (Å²) in [4.78, 5) is 13.3. The molecule has 0 radical (unpaired) electrons. The number of nitrogens with zero attached hydrogens (tertiary/aromatic N) is 3. The summed E-state index contributed by atoms with van der Waals surface area (Å²) in [5.74, 6) is 1.44. The first-order valence-corrected chi connectivity index (χ1v) is 11.3. The maximum absolute atomic E-state index is 13.3. The van der Waals surface area contributed by atoms with E-state index >= 15 is 0 Å². The Bertz CT molecular complexity index is 1070. The number of rotatable bonds is 5. The number of benzene rings is 2.